The van der Waals surface area contributed by atoms with E-state index < -0.39 is 11.2 Å². The van der Waals surface area contributed by atoms with Gasteiger partial charge in [0.1, 0.15) is 5.82 Å². The topological polar surface area (TPSA) is 90.1 Å². The summed E-state index contributed by atoms with van der Waals surface area (Å²) in [6.45, 7) is 1.27. The van der Waals surface area contributed by atoms with Crippen molar-refractivity contribution in [1.82, 2.24) is 9.55 Å². The highest BCUT2D eigenvalue weighted by molar-refractivity contribution is 5.25. The van der Waals surface area contributed by atoms with Gasteiger partial charge in [-0.1, -0.05) is 0 Å². The molecule has 0 aliphatic carbocycles. The molecule has 1 aromatic heterocycles. The number of rotatable bonds is 3. The largest absolute Gasteiger partial charge is 0.385 e. The lowest BCUT2D eigenvalue weighted by Gasteiger charge is -2.11. The van der Waals surface area contributed by atoms with Crippen LogP contribution in [0.25, 0.3) is 0 Å². The molecule has 0 amide bonds. The van der Waals surface area contributed by atoms with Crippen LogP contribution in [0.15, 0.2) is 15.7 Å². The van der Waals surface area contributed by atoms with E-state index in [1.807, 2.05) is 0 Å². The maximum absolute atomic E-state index is 11.5. The third-order valence-corrected chi connectivity index (χ3v) is 2.76. The number of aromatic amines is 1. The summed E-state index contributed by atoms with van der Waals surface area (Å²) < 4.78 is 6.81. The van der Waals surface area contributed by atoms with E-state index in [1.54, 1.807) is 0 Å². The molecule has 0 bridgehead atoms. The highest BCUT2D eigenvalue weighted by Crippen LogP contribution is 2.15. The molecule has 0 radical (unpaired) electrons. The predicted octanol–water partition coefficient (Wildman–Crippen LogP) is -0.312. The molecular weight excluding hydrogens is 210 g/mol. The maximum atomic E-state index is 11.5. The Hall–Kier alpha value is -1.56. The summed E-state index contributed by atoms with van der Waals surface area (Å²) in [6.07, 6.45) is 3.05. The Morgan fingerprint density at radius 2 is 2.38 bits per heavy atom. The van der Waals surface area contributed by atoms with E-state index in [1.165, 1.54) is 10.6 Å². The van der Waals surface area contributed by atoms with Gasteiger partial charge in [-0.25, -0.2) is 4.79 Å². The second-order valence-corrected chi connectivity index (χ2v) is 3.94. The highest BCUT2D eigenvalue weighted by Gasteiger charge is 2.15. The van der Waals surface area contributed by atoms with Crippen LogP contribution in [0.3, 0.4) is 0 Å². The second-order valence-electron chi connectivity index (χ2n) is 3.94. The van der Waals surface area contributed by atoms with E-state index in [4.69, 9.17) is 10.5 Å². The molecule has 0 aromatic carbocycles. The van der Waals surface area contributed by atoms with Gasteiger partial charge >= 0.3 is 5.69 Å². The van der Waals surface area contributed by atoms with Gasteiger partial charge in [0.25, 0.3) is 5.56 Å². The SMILES string of the molecule is Nc1cc(=O)[nH]c(=O)n1CCC1CCCO1. The molecule has 2 heterocycles. The lowest BCUT2D eigenvalue weighted by Crippen LogP contribution is -2.32. The van der Waals surface area contributed by atoms with Gasteiger partial charge in [-0.05, 0) is 19.3 Å². The highest BCUT2D eigenvalue weighted by atomic mass is 16.5. The molecule has 1 aromatic rings. The molecule has 1 aliphatic rings. The standard InChI is InChI=1S/C10H15N3O3/c11-8-6-9(14)12-10(15)13(8)4-3-7-2-1-5-16-7/h6-7H,1-5,11H2,(H,12,14,15). The number of nitrogens with two attached hydrogens (primary N) is 1. The maximum Gasteiger partial charge on any atom is 0.329 e. The van der Waals surface area contributed by atoms with Crippen LogP contribution in [0.4, 0.5) is 5.82 Å². The van der Waals surface area contributed by atoms with Crippen molar-refractivity contribution < 1.29 is 4.74 Å². The molecule has 1 atom stereocenters. The van der Waals surface area contributed by atoms with Crippen molar-refractivity contribution in [1.29, 1.82) is 0 Å². The quantitative estimate of drug-likeness (QED) is 0.738. The molecule has 88 valence electrons. The number of nitrogens with zero attached hydrogens (tertiary/aromatic N) is 1. The van der Waals surface area contributed by atoms with Crippen molar-refractivity contribution in [3.8, 4) is 0 Å². The van der Waals surface area contributed by atoms with Gasteiger partial charge in [-0.15, -0.1) is 0 Å². The monoisotopic (exact) mass is 225 g/mol. The average Bonchev–Trinajstić information content (AvgIpc) is 2.68. The number of nitrogens with one attached hydrogen (secondary N) is 1. The first-order valence-corrected chi connectivity index (χ1v) is 5.38. The molecule has 6 nitrogen and oxygen atoms in total. The summed E-state index contributed by atoms with van der Waals surface area (Å²) in [7, 11) is 0. The van der Waals surface area contributed by atoms with Crippen LogP contribution in [0, 0.1) is 0 Å². The molecule has 16 heavy (non-hydrogen) atoms. The second kappa shape index (κ2) is 4.52. The van der Waals surface area contributed by atoms with Crippen LogP contribution < -0.4 is 17.0 Å². The summed E-state index contributed by atoms with van der Waals surface area (Å²) in [5.74, 6) is 0.201. The van der Waals surface area contributed by atoms with E-state index >= 15 is 0 Å². The number of aromatic nitrogens is 2. The normalized spacial score (nSPS) is 20.1. The van der Waals surface area contributed by atoms with Gasteiger partial charge in [0.2, 0.25) is 0 Å². The van der Waals surface area contributed by atoms with Gasteiger partial charge in [0, 0.05) is 19.2 Å². The molecule has 6 heteroatoms. The summed E-state index contributed by atoms with van der Waals surface area (Å²) in [6, 6.07) is 1.22. The Kier molecular flexibility index (Phi) is 3.09. The number of H-pyrrole nitrogens is 1. The van der Waals surface area contributed by atoms with Crippen LogP contribution in [-0.4, -0.2) is 22.3 Å². The molecule has 1 aliphatic heterocycles. The summed E-state index contributed by atoms with van der Waals surface area (Å²) in [5.41, 5.74) is 4.69. The Morgan fingerprint density at radius 3 is 3.00 bits per heavy atom. The zero-order valence-corrected chi connectivity index (χ0v) is 8.94. The van der Waals surface area contributed by atoms with Crippen molar-refractivity contribution in [2.24, 2.45) is 0 Å². The van der Waals surface area contributed by atoms with E-state index in [9.17, 15) is 9.59 Å². The van der Waals surface area contributed by atoms with Gasteiger partial charge in [0.15, 0.2) is 0 Å². The molecule has 0 spiro atoms. The van der Waals surface area contributed by atoms with Crippen LogP contribution >= 0.6 is 0 Å². The van der Waals surface area contributed by atoms with Crippen molar-refractivity contribution >= 4 is 5.82 Å². The molecule has 0 saturated carbocycles. The molecular formula is C10H15N3O3. The fourth-order valence-electron chi connectivity index (χ4n) is 1.91. The minimum atomic E-state index is -0.462. The number of ether oxygens (including phenoxy) is 1. The van der Waals surface area contributed by atoms with Gasteiger partial charge in [-0.3, -0.25) is 14.3 Å². The predicted molar refractivity (Wildman–Crippen MR) is 59.3 cm³/mol. The van der Waals surface area contributed by atoms with Crippen molar-refractivity contribution in [3.63, 3.8) is 0 Å². The molecule has 3 N–H and O–H groups in total. The third kappa shape index (κ3) is 2.33. The van der Waals surface area contributed by atoms with Gasteiger partial charge in [-0.2, -0.15) is 0 Å². The number of hydrogen-bond acceptors (Lipinski definition) is 4. The van der Waals surface area contributed by atoms with Gasteiger partial charge < -0.3 is 10.5 Å². The van der Waals surface area contributed by atoms with Crippen LogP contribution in [0.1, 0.15) is 19.3 Å². The van der Waals surface area contributed by atoms with Crippen LogP contribution in [0.5, 0.6) is 0 Å². The molecule has 1 unspecified atom stereocenters. The summed E-state index contributed by atoms with van der Waals surface area (Å²) >= 11 is 0. The average molecular weight is 225 g/mol. The first-order chi connectivity index (χ1) is 7.66. The van der Waals surface area contributed by atoms with Crippen LogP contribution in [0.2, 0.25) is 0 Å². The Morgan fingerprint density at radius 1 is 1.56 bits per heavy atom. The zero-order valence-electron chi connectivity index (χ0n) is 8.94. The number of hydrogen-bond donors (Lipinski definition) is 2. The molecule has 2 rings (SSSR count). The van der Waals surface area contributed by atoms with Crippen molar-refractivity contribution in [3.05, 3.63) is 26.9 Å². The van der Waals surface area contributed by atoms with Crippen LogP contribution in [-0.2, 0) is 11.3 Å². The van der Waals surface area contributed by atoms with Crippen molar-refractivity contribution in [2.75, 3.05) is 12.3 Å². The van der Waals surface area contributed by atoms with E-state index in [0.717, 1.165) is 25.9 Å². The summed E-state index contributed by atoms with van der Waals surface area (Å²) in [5, 5.41) is 0. The smallest absolute Gasteiger partial charge is 0.329 e. The third-order valence-electron chi connectivity index (χ3n) is 2.76. The van der Waals surface area contributed by atoms with E-state index in [2.05, 4.69) is 4.98 Å². The minimum Gasteiger partial charge on any atom is -0.385 e. The fourth-order valence-corrected chi connectivity index (χ4v) is 1.91. The molecule has 1 saturated heterocycles. The minimum absolute atomic E-state index is 0.201. The first-order valence-electron chi connectivity index (χ1n) is 5.38. The Balaban J connectivity index is 2.09. The lowest BCUT2D eigenvalue weighted by molar-refractivity contribution is 0.100. The molecule has 1 fully saturated rings. The van der Waals surface area contributed by atoms with E-state index in [0.29, 0.717) is 6.54 Å². The first kappa shape index (κ1) is 10.9. The van der Waals surface area contributed by atoms with Crippen molar-refractivity contribution in [2.45, 2.75) is 31.9 Å². The summed E-state index contributed by atoms with van der Waals surface area (Å²) in [4.78, 5) is 24.6. The fraction of sp³-hybridized carbons (Fsp3) is 0.600. The van der Waals surface area contributed by atoms with Gasteiger partial charge in [0.05, 0.1) is 6.10 Å². The van der Waals surface area contributed by atoms with E-state index in [-0.39, 0.29) is 11.9 Å². The zero-order chi connectivity index (χ0) is 11.5. The Bertz CT molecular complexity index is 471. The number of nitrogen functional groups attached to an aromatic ring is 1. The lowest BCUT2D eigenvalue weighted by atomic mass is 10.2. The Labute approximate surface area is 92.0 Å². The number of anilines is 1.